The number of fused-ring (bicyclic) bond motifs is 1. The van der Waals surface area contributed by atoms with Crippen molar-refractivity contribution in [2.75, 3.05) is 25.1 Å². The van der Waals surface area contributed by atoms with E-state index in [1.54, 1.807) is 7.11 Å². The first kappa shape index (κ1) is 16.9. The average Bonchev–Trinajstić information content (AvgIpc) is 3.14. The average molecular weight is 368 g/mol. The number of methoxy groups -OCH3 is 1. The molecule has 1 aromatic heterocycles. The number of carbonyl (C=O) groups excluding carboxylic acids is 1. The van der Waals surface area contributed by atoms with Gasteiger partial charge >= 0.3 is 0 Å². The molecule has 1 aliphatic heterocycles. The van der Waals surface area contributed by atoms with Crippen LogP contribution in [0, 0.1) is 0 Å². The summed E-state index contributed by atoms with van der Waals surface area (Å²) in [6, 6.07) is 13.6. The van der Waals surface area contributed by atoms with Crippen LogP contribution in [0.4, 0.5) is 5.69 Å². The minimum Gasteiger partial charge on any atom is -0.497 e. The molecule has 0 radical (unpaired) electrons. The minimum absolute atomic E-state index is 0.123. The third-order valence-corrected chi connectivity index (χ3v) is 5.43. The van der Waals surface area contributed by atoms with Crippen LogP contribution in [0.2, 0.25) is 0 Å². The molecule has 134 valence electrons. The number of carbonyl (C=O) groups is 1. The van der Waals surface area contributed by atoms with Crippen LogP contribution in [-0.2, 0) is 11.3 Å². The van der Waals surface area contributed by atoms with Crippen LogP contribution in [0.3, 0.4) is 0 Å². The van der Waals surface area contributed by atoms with E-state index in [2.05, 4.69) is 25.8 Å². The Morgan fingerprint density at radius 1 is 1.12 bits per heavy atom. The van der Waals surface area contributed by atoms with E-state index in [9.17, 15) is 4.79 Å². The first-order chi connectivity index (χ1) is 12.7. The van der Waals surface area contributed by atoms with Gasteiger partial charge in [0.2, 0.25) is 5.91 Å². The molecule has 2 aromatic carbocycles. The summed E-state index contributed by atoms with van der Waals surface area (Å²) in [6.07, 6.45) is 0. The second-order valence-electron chi connectivity index (χ2n) is 6.42. The molecule has 0 aliphatic carbocycles. The zero-order valence-electron chi connectivity index (χ0n) is 14.8. The van der Waals surface area contributed by atoms with E-state index in [1.165, 1.54) is 11.7 Å². The molecule has 0 saturated carbocycles. The fourth-order valence-corrected chi connectivity index (χ4v) is 3.83. The lowest BCUT2D eigenvalue weighted by Gasteiger charge is -2.39. The first-order valence-electron chi connectivity index (χ1n) is 8.56. The van der Waals surface area contributed by atoms with Gasteiger partial charge in [0.1, 0.15) is 16.8 Å². The zero-order chi connectivity index (χ0) is 18.1. The fourth-order valence-electron chi connectivity index (χ4n) is 3.31. The number of anilines is 1. The summed E-state index contributed by atoms with van der Waals surface area (Å²) in [6.45, 7) is 4.21. The summed E-state index contributed by atoms with van der Waals surface area (Å²) in [5, 5.41) is 0. The topological polar surface area (TPSA) is 58.6 Å². The van der Waals surface area contributed by atoms with E-state index >= 15 is 0 Å². The van der Waals surface area contributed by atoms with Gasteiger partial charge in [-0.25, -0.2) is 0 Å². The van der Waals surface area contributed by atoms with Crippen molar-refractivity contribution in [1.82, 2.24) is 13.6 Å². The molecule has 1 amide bonds. The molecular formula is C19H20N4O2S. The first-order valence-corrected chi connectivity index (χ1v) is 9.29. The summed E-state index contributed by atoms with van der Waals surface area (Å²) in [5.41, 5.74) is 3.91. The van der Waals surface area contributed by atoms with E-state index in [1.807, 2.05) is 42.2 Å². The van der Waals surface area contributed by atoms with Gasteiger partial charge in [-0.05, 0) is 48.9 Å². The third kappa shape index (κ3) is 3.15. The lowest BCUT2D eigenvalue weighted by molar-refractivity contribution is -0.125. The smallest absolute Gasteiger partial charge is 0.244 e. The number of ether oxygens (including phenoxy) is 1. The highest BCUT2D eigenvalue weighted by Gasteiger charge is 2.32. The molecule has 1 atom stereocenters. The maximum absolute atomic E-state index is 12.9. The molecule has 1 fully saturated rings. The van der Waals surface area contributed by atoms with E-state index in [0.29, 0.717) is 6.54 Å². The molecular weight excluding hydrogens is 348 g/mol. The number of rotatable bonds is 4. The number of amides is 1. The van der Waals surface area contributed by atoms with Gasteiger partial charge in [-0.1, -0.05) is 6.07 Å². The number of piperazine rings is 1. The van der Waals surface area contributed by atoms with Gasteiger partial charge in [-0.2, -0.15) is 8.75 Å². The zero-order valence-corrected chi connectivity index (χ0v) is 15.6. The number of aromatic nitrogens is 2. The van der Waals surface area contributed by atoms with Crippen molar-refractivity contribution in [3.8, 4) is 5.75 Å². The number of nitrogens with zero attached hydrogens (tertiary/aromatic N) is 4. The van der Waals surface area contributed by atoms with Crippen molar-refractivity contribution in [2.24, 2.45) is 0 Å². The van der Waals surface area contributed by atoms with Crippen LogP contribution in [0.1, 0.15) is 12.5 Å². The number of benzene rings is 2. The highest BCUT2D eigenvalue weighted by Crippen LogP contribution is 2.24. The van der Waals surface area contributed by atoms with Crippen LogP contribution >= 0.6 is 11.7 Å². The molecule has 0 N–H and O–H groups in total. The van der Waals surface area contributed by atoms with E-state index in [0.717, 1.165) is 41.1 Å². The lowest BCUT2D eigenvalue weighted by atomic mass is 10.1. The molecule has 0 spiro atoms. The predicted octanol–water partition coefficient (Wildman–Crippen LogP) is 2.94. The van der Waals surface area contributed by atoms with Crippen LogP contribution < -0.4 is 9.64 Å². The monoisotopic (exact) mass is 368 g/mol. The molecule has 1 aliphatic rings. The Morgan fingerprint density at radius 3 is 2.65 bits per heavy atom. The van der Waals surface area contributed by atoms with Gasteiger partial charge in [-0.3, -0.25) is 9.69 Å². The van der Waals surface area contributed by atoms with E-state index in [4.69, 9.17) is 4.74 Å². The minimum atomic E-state index is -0.171. The van der Waals surface area contributed by atoms with Gasteiger partial charge in [0.05, 0.1) is 24.9 Å². The van der Waals surface area contributed by atoms with Gasteiger partial charge in [-0.15, -0.1) is 0 Å². The summed E-state index contributed by atoms with van der Waals surface area (Å²) in [5.74, 6) is 0.914. The second kappa shape index (κ2) is 7.01. The maximum Gasteiger partial charge on any atom is 0.244 e. The van der Waals surface area contributed by atoms with Crippen LogP contribution in [0.15, 0.2) is 42.5 Å². The van der Waals surface area contributed by atoms with Gasteiger partial charge in [0.15, 0.2) is 0 Å². The Labute approximate surface area is 156 Å². The Hall–Kier alpha value is -2.51. The molecule has 1 unspecified atom stereocenters. The molecule has 4 rings (SSSR count). The lowest BCUT2D eigenvalue weighted by Crippen LogP contribution is -2.55. The van der Waals surface area contributed by atoms with Gasteiger partial charge in [0, 0.05) is 25.3 Å². The summed E-state index contributed by atoms with van der Waals surface area (Å²) in [7, 11) is 1.64. The normalized spacial score (nSPS) is 18.5. The third-order valence-electron chi connectivity index (χ3n) is 4.87. The van der Waals surface area contributed by atoms with Crippen molar-refractivity contribution in [2.45, 2.75) is 19.5 Å². The fraction of sp³-hybridized carbons (Fsp3) is 0.316. The quantitative estimate of drug-likeness (QED) is 0.709. The van der Waals surface area contributed by atoms with E-state index < -0.39 is 0 Å². The summed E-state index contributed by atoms with van der Waals surface area (Å²) in [4.78, 5) is 17.0. The second-order valence-corrected chi connectivity index (χ2v) is 6.95. The van der Waals surface area contributed by atoms with Crippen LogP contribution in [-0.4, -0.2) is 45.8 Å². The standard InChI is InChI=1S/C19H20N4O2S/c1-13-19(24)23(15-4-6-16(25-2)7-5-15)10-9-22(13)12-14-3-8-17-18(11-14)21-26-20-17/h3-8,11,13H,9-10,12H2,1-2H3. The Kier molecular flexibility index (Phi) is 4.57. The highest BCUT2D eigenvalue weighted by molar-refractivity contribution is 7.00. The van der Waals surface area contributed by atoms with Crippen molar-refractivity contribution in [1.29, 1.82) is 0 Å². The number of hydrogen-bond acceptors (Lipinski definition) is 6. The van der Waals surface area contributed by atoms with Crippen molar-refractivity contribution in [3.05, 3.63) is 48.0 Å². The van der Waals surface area contributed by atoms with Crippen molar-refractivity contribution < 1.29 is 9.53 Å². The Morgan fingerprint density at radius 2 is 1.88 bits per heavy atom. The molecule has 3 aromatic rings. The molecule has 6 nitrogen and oxygen atoms in total. The van der Waals surface area contributed by atoms with Crippen LogP contribution in [0.25, 0.3) is 11.0 Å². The summed E-state index contributed by atoms with van der Waals surface area (Å²) >= 11 is 1.23. The highest BCUT2D eigenvalue weighted by atomic mass is 32.1. The van der Waals surface area contributed by atoms with Crippen molar-refractivity contribution in [3.63, 3.8) is 0 Å². The molecule has 1 saturated heterocycles. The van der Waals surface area contributed by atoms with Gasteiger partial charge in [0.25, 0.3) is 0 Å². The Balaban J connectivity index is 1.48. The van der Waals surface area contributed by atoms with Crippen LogP contribution in [0.5, 0.6) is 5.75 Å². The number of hydrogen-bond donors (Lipinski definition) is 0. The van der Waals surface area contributed by atoms with Crippen molar-refractivity contribution >= 4 is 34.4 Å². The SMILES string of the molecule is COc1ccc(N2CCN(Cc3ccc4nsnc4c3)C(C)C2=O)cc1. The molecule has 26 heavy (non-hydrogen) atoms. The van der Waals surface area contributed by atoms with Gasteiger partial charge < -0.3 is 9.64 Å². The molecule has 7 heteroatoms. The maximum atomic E-state index is 12.9. The Bertz CT molecular complexity index is 925. The molecule has 2 heterocycles. The summed E-state index contributed by atoms with van der Waals surface area (Å²) < 4.78 is 13.7. The largest absolute Gasteiger partial charge is 0.497 e. The molecule has 0 bridgehead atoms. The van der Waals surface area contributed by atoms with E-state index in [-0.39, 0.29) is 11.9 Å². The predicted molar refractivity (Wildman–Crippen MR) is 103 cm³/mol.